The molecule has 2 aliphatic carbocycles. The lowest BCUT2D eigenvalue weighted by molar-refractivity contribution is -0.156. The number of ketones is 1. The van der Waals surface area contributed by atoms with Crippen molar-refractivity contribution >= 4 is 35.9 Å². The number of pyridine rings is 1. The second kappa shape index (κ2) is 17.0. The van der Waals surface area contributed by atoms with Gasteiger partial charge in [-0.05, 0) is 73.3 Å². The van der Waals surface area contributed by atoms with Crippen LogP contribution in [-0.4, -0.2) is 69.5 Å². The van der Waals surface area contributed by atoms with Gasteiger partial charge in [-0.2, -0.15) is 0 Å². The topological polar surface area (TPSA) is 132 Å². The highest BCUT2D eigenvalue weighted by Gasteiger charge is 2.65. The molecule has 1 saturated heterocycles. The van der Waals surface area contributed by atoms with E-state index in [4.69, 9.17) is 19.2 Å². The molecule has 2 unspecified atom stereocenters. The fourth-order valence-electron chi connectivity index (χ4n) is 8.95. The molecule has 12 heteroatoms. The van der Waals surface area contributed by atoms with E-state index >= 15 is 4.39 Å². The number of nitrogens with zero attached hydrogens (tertiary/aromatic N) is 2. The van der Waals surface area contributed by atoms with Gasteiger partial charge in [0.05, 0.1) is 54.6 Å². The normalized spacial score (nSPS) is 23.4. The van der Waals surface area contributed by atoms with Crippen molar-refractivity contribution in [3.63, 3.8) is 0 Å². The van der Waals surface area contributed by atoms with E-state index in [-0.39, 0.29) is 61.2 Å². The number of Topliss-reactive ketones (excluding diaryl/α,β-unsaturated/α-hetero) is 1. The average Bonchev–Trinajstić information content (AvgIpc) is 3.45. The molecule has 2 heterocycles. The lowest BCUT2D eigenvalue weighted by atomic mass is 9.77. The zero-order valence-electron chi connectivity index (χ0n) is 34.3. The smallest absolute Gasteiger partial charge is 0.306 e. The number of allylic oxidation sites excluding steroid dienone is 1. The van der Waals surface area contributed by atoms with Crippen molar-refractivity contribution in [1.82, 2.24) is 9.88 Å². The summed E-state index contributed by atoms with van der Waals surface area (Å²) in [6.45, 7) is 9.60. The molecule has 312 valence electrons. The van der Waals surface area contributed by atoms with Crippen molar-refractivity contribution in [3.05, 3.63) is 103 Å². The van der Waals surface area contributed by atoms with Crippen LogP contribution in [0.4, 0.5) is 4.39 Å². The second-order valence-corrected chi connectivity index (χ2v) is 20.1. The van der Waals surface area contributed by atoms with Crippen molar-refractivity contribution in [2.75, 3.05) is 13.7 Å². The molecule has 59 heavy (non-hydrogen) atoms. The van der Waals surface area contributed by atoms with Gasteiger partial charge in [0, 0.05) is 35.9 Å². The van der Waals surface area contributed by atoms with Crippen molar-refractivity contribution in [3.8, 4) is 22.8 Å². The van der Waals surface area contributed by atoms with Crippen molar-refractivity contribution in [2.24, 2.45) is 17.3 Å². The van der Waals surface area contributed by atoms with Crippen LogP contribution in [-0.2, 0) is 29.8 Å². The van der Waals surface area contributed by atoms with Crippen LogP contribution in [0.5, 0.6) is 11.5 Å². The SMILES string of the molecule is C=C[C@@H]1C[C@]1(CC(=O)[C@@H]1C[C@@H](Oc2cc(-c3ccccc3F)nc3cc(OC)ccc23)CN1C(=O)C(CC(=O)OC1CCCC1)C(C)(C)C)P(=O)(O)Cc1ccccc1. The molecule has 7 rings (SSSR count). The van der Waals surface area contributed by atoms with Gasteiger partial charge in [-0.15, -0.1) is 6.58 Å². The molecule has 1 amide bonds. The predicted molar refractivity (Wildman–Crippen MR) is 225 cm³/mol. The van der Waals surface area contributed by atoms with Gasteiger partial charge in [0.1, 0.15) is 29.5 Å². The highest BCUT2D eigenvalue weighted by molar-refractivity contribution is 7.59. The number of esters is 1. The maximum atomic E-state index is 15.1. The van der Waals surface area contributed by atoms with E-state index in [1.165, 1.54) is 11.0 Å². The van der Waals surface area contributed by atoms with Gasteiger partial charge in [0.15, 0.2) is 5.78 Å². The number of hydrogen-bond acceptors (Lipinski definition) is 8. The molecule has 1 aliphatic heterocycles. The Morgan fingerprint density at radius 2 is 1.75 bits per heavy atom. The molecule has 6 atom stereocenters. The van der Waals surface area contributed by atoms with Gasteiger partial charge < -0.3 is 24.0 Å². The lowest BCUT2D eigenvalue weighted by Crippen LogP contribution is -2.48. The predicted octanol–water partition coefficient (Wildman–Crippen LogP) is 9.31. The Morgan fingerprint density at radius 1 is 1.03 bits per heavy atom. The Balaban J connectivity index is 1.23. The molecular formula is C47H54FN2O8P. The third kappa shape index (κ3) is 9.02. The Kier molecular flexibility index (Phi) is 12.2. The van der Waals surface area contributed by atoms with Crippen LogP contribution >= 0.6 is 7.37 Å². The van der Waals surface area contributed by atoms with Gasteiger partial charge in [-0.3, -0.25) is 18.9 Å². The molecule has 4 aromatic rings. The van der Waals surface area contributed by atoms with Crippen LogP contribution in [0.2, 0.25) is 0 Å². The Morgan fingerprint density at radius 3 is 2.41 bits per heavy atom. The molecule has 2 saturated carbocycles. The minimum atomic E-state index is -3.97. The number of carbonyl (C=O) groups excluding carboxylic acids is 3. The number of amides is 1. The third-order valence-electron chi connectivity index (χ3n) is 12.5. The van der Waals surface area contributed by atoms with Gasteiger partial charge in [0.25, 0.3) is 0 Å². The number of benzene rings is 3. The number of hydrogen-bond donors (Lipinski definition) is 1. The number of carbonyl (C=O) groups is 3. The molecule has 3 fully saturated rings. The highest BCUT2D eigenvalue weighted by Crippen LogP contribution is 2.74. The molecule has 3 aliphatic rings. The first-order chi connectivity index (χ1) is 28.1. The summed E-state index contributed by atoms with van der Waals surface area (Å²) in [5.74, 6) is -1.91. The number of fused-ring (bicyclic) bond motifs is 1. The van der Waals surface area contributed by atoms with Crippen molar-refractivity contribution < 1.29 is 42.4 Å². The first kappa shape index (κ1) is 42.3. The molecule has 0 bridgehead atoms. The van der Waals surface area contributed by atoms with Crippen LogP contribution in [0.3, 0.4) is 0 Å². The minimum absolute atomic E-state index is 0.00713. The second-order valence-electron chi connectivity index (χ2n) is 17.5. The van der Waals surface area contributed by atoms with E-state index in [1.54, 1.807) is 67.8 Å². The van der Waals surface area contributed by atoms with Gasteiger partial charge in [0.2, 0.25) is 13.3 Å². The maximum Gasteiger partial charge on any atom is 0.306 e. The summed E-state index contributed by atoms with van der Waals surface area (Å²) in [4.78, 5) is 61.0. The summed E-state index contributed by atoms with van der Waals surface area (Å²) in [5, 5.41) is -0.604. The number of rotatable bonds is 15. The third-order valence-corrected chi connectivity index (χ3v) is 15.3. The van der Waals surface area contributed by atoms with Crippen LogP contribution < -0.4 is 9.47 Å². The minimum Gasteiger partial charge on any atom is -0.497 e. The molecule has 0 radical (unpaired) electrons. The van der Waals surface area contributed by atoms with E-state index in [1.807, 2.05) is 39.0 Å². The molecule has 0 spiro atoms. The number of aromatic nitrogens is 1. The zero-order valence-corrected chi connectivity index (χ0v) is 35.2. The number of halogens is 1. The number of likely N-dealkylation sites (tertiary alicyclic amines) is 1. The monoisotopic (exact) mass is 824 g/mol. The van der Waals surface area contributed by atoms with E-state index in [9.17, 15) is 23.8 Å². The molecule has 10 nitrogen and oxygen atoms in total. The summed E-state index contributed by atoms with van der Waals surface area (Å²) in [5.41, 5.74) is 1.10. The van der Waals surface area contributed by atoms with E-state index in [0.29, 0.717) is 40.1 Å². The fraction of sp³-hybridized carbons (Fsp3) is 0.447. The van der Waals surface area contributed by atoms with E-state index in [0.717, 1.165) is 25.7 Å². The van der Waals surface area contributed by atoms with Gasteiger partial charge in [-0.25, -0.2) is 9.37 Å². The Labute approximate surface area is 345 Å². The summed E-state index contributed by atoms with van der Waals surface area (Å²) in [6.07, 6.45) is 4.26. The van der Waals surface area contributed by atoms with Crippen LogP contribution in [0.25, 0.3) is 22.2 Å². The van der Waals surface area contributed by atoms with E-state index in [2.05, 4.69) is 6.58 Å². The highest BCUT2D eigenvalue weighted by atomic mass is 31.2. The lowest BCUT2D eigenvalue weighted by Gasteiger charge is -2.35. The van der Waals surface area contributed by atoms with Crippen LogP contribution in [0.15, 0.2) is 91.5 Å². The summed E-state index contributed by atoms with van der Waals surface area (Å²) < 4.78 is 47.5. The Bertz CT molecular complexity index is 2270. The standard InChI is InChI=1S/C47H54FN2O8P/c1-6-31-26-47(31,59(54,55)29-30-14-8-7-9-15-30)27-42(51)41-23-34(28-50(41)45(53)37(46(2,3)4)24-44(52)58-32-16-10-11-17-32)57-43-25-40(35-18-12-13-19-38(35)48)49-39-22-33(56-5)20-21-36(39)43/h6-9,12-15,18-22,25,31-32,34,37,41H,1,10-11,16-17,23-24,26-29H2,2-5H3,(H,54,55)/t31-,34-,37?,41+,47-/m1/s1. The fourth-order valence-corrected chi connectivity index (χ4v) is 11.5. The van der Waals surface area contributed by atoms with Crippen LogP contribution in [0.1, 0.15) is 77.7 Å². The van der Waals surface area contributed by atoms with Crippen molar-refractivity contribution in [1.29, 1.82) is 0 Å². The van der Waals surface area contributed by atoms with E-state index < -0.39 is 47.8 Å². The Hall–Kier alpha value is -4.86. The maximum absolute atomic E-state index is 15.1. The van der Waals surface area contributed by atoms with Crippen LogP contribution in [0, 0.1) is 23.1 Å². The summed E-state index contributed by atoms with van der Waals surface area (Å²) in [7, 11) is -2.43. The van der Waals surface area contributed by atoms with Crippen molar-refractivity contribution in [2.45, 2.75) is 102 Å². The zero-order chi connectivity index (χ0) is 42.1. The van der Waals surface area contributed by atoms with Gasteiger partial charge in [-0.1, -0.05) is 69.3 Å². The molecule has 3 aromatic carbocycles. The van der Waals surface area contributed by atoms with Gasteiger partial charge >= 0.3 is 5.97 Å². The number of ether oxygens (including phenoxy) is 3. The first-order valence-corrected chi connectivity index (χ1v) is 22.4. The quantitative estimate of drug-likeness (QED) is 0.0708. The first-order valence-electron chi connectivity index (χ1n) is 20.5. The molecular weight excluding hydrogens is 770 g/mol. The summed E-state index contributed by atoms with van der Waals surface area (Å²) in [6, 6.07) is 21.3. The molecule has 1 N–H and O–H groups in total. The number of methoxy groups -OCH3 is 1. The average molecular weight is 825 g/mol. The largest absolute Gasteiger partial charge is 0.497 e. The summed E-state index contributed by atoms with van der Waals surface area (Å²) >= 11 is 0. The molecule has 1 aromatic heterocycles.